The molecular weight excluding hydrogens is 265 g/mol. The van der Waals surface area contributed by atoms with Crippen LogP contribution in [0.4, 0.5) is 0 Å². The molecule has 3 heteroatoms. The third kappa shape index (κ3) is 4.40. The molecule has 0 bridgehead atoms. The van der Waals surface area contributed by atoms with Gasteiger partial charge in [-0.2, -0.15) is 0 Å². The van der Waals surface area contributed by atoms with Gasteiger partial charge in [-0.1, -0.05) is 29.5 Å². The molecule has 0 aliphatic rings. The van der Waals surface area contributed by atoms with Gasteiger partial charge in [0.2, 0.25) is 0 Å². The van der Waals surface area contributed by atoms with Crippen molar-refractivity contribution in [2.75, 3.05) is 0 Å². The van der Waals surface area contributed by atoms with E-state index in [1.165, 1.54) is 0 Å². The molecule has 1 N–H and O–H groups in total. The van der Waals surface area contributed by atoms with Crippen LogP contribution in [0.15, 0.2) is 0 Å². The van der Waals surface area contributed by atoms with Gasteiger partial charge in [0.05, 0.1) is 9.59 Å². The Morgan fingerprint density at radius 2 is 2.08 bits per heavy atom. The van der Waals surface area contributed by atoms with Crippen LogP contribution >= 0.6 is 22.6 Å². The second-order valence-electron chi connectivity index (χ2n) is 3.56. The Bertz CT molecular complexity index is 155. The first-order valence-corrected chi connectivity index (χ1v) is 5.59. The van der Waals surface area contributed by atoms with E-state index in [1.54, 1.807) is 0 Å². The summed E-state index contributed by atoms with van der Waals surface area (Å²) in [4.78, 5) is 11.5. The van der Waals surface area contributed by atoms with E-state index >= 15 is 0 Å². The van der Waals surface area contributed by atoms with E-state index in [4.69, 9.17) is 0 Å². The van der Waals surface area contributed by atoms with E-state index in [-0.39, 0.29) is 5.54 Å². The van der Waals surface area contributed by atoms with Gasteiger partial charge in [0.25, 0.3) is 0 Å². The zero-order chi connectivity index (χ0) is 9.78. The Balaban J connectivity index is 4.09. The molecule has 0 saturated heterocycles. The molecule has 0 radical (unpaired) electrons. The van der Waals surface area contributed by atoms with Crippen molar-refractivity contribution in [2.45, 2.75) is 50.1 Å². The predicted octanol–water partition coefficient (Wildman–Crippen LogP) is 2.50. The molecule has 2 nitrogen and oxygen atoms in total. The number of nitrogens with one attached hydrogen (secondary N) is 1. The minimum absolute atomic E-state index is 0.300. The van der Waals surface area contributed by atoms with Crippen LogP contribution in [0.3, 0.4) is 0 Å². The molecular formula is C9H18INO. The molecule has 12 heavy (non-hydrogen) atoms. The topological polar surface area (TPSA) is 29.1 Å². The Labute approximate surface area is 88.6 Å². The molecule has 0 rings (SSSR count). The average molecular weight is 283 g/mol. The minimum atomic E-state index is -0.364. The van der Waals surface area contributed by atoms with Gasteiger partial charge >= 0.3 is 0 Å². The van der Waals surface area contributed by atoms with Crippen LogP contribution < -0.4 is 5.32 Å². The Morgan fingerprint density at radius 3 is 2.42 bits per heavy atom. The third-order valence-corrected chi connectivity index (χ3v) is 2.05. The largest absolute Gasteiger partial charge is 0.298 e. The van der Waals surface area contributed by atoms with Gasteiger partial charge in [-0.15, -0.1) is 0 Å². The van der Waals surface area contributed by atoms with Crippen molar-refractivity contribution < 1.29 is 4.79 Å². The van der Waals surface area contributed by atoms with Crippen LogP contribution in [0.5, 0.6) is 0 Å². The molecule has 0 aromatic carbocycles. The van der Waals surface area contributed by atoms with Gasteiger partial charge in [0.1, 0.15) is 0 Å². The molecule has 0 fully saturated rings. The van der Waals surface area contributed by atoms with E-state index in [1.807, 2.05) is 27.7 Å². The smallest absolute Gasteiger partial charge is 0.152 e. The van der Waals surface area contributed by atoms with Gasteiger partial charge in [-0.25, -0.2) is 0 Å². The molecule has 0 spiro atoms. The summed E-state index contributed by atoms with van der Waals surface area (Å²) in [6.07, 6.45) is 1.60. The second-order valence-corrected chi connectivity index (χ2v) is 5.43. The number of halogens is 1. The SMILES string of the molecule is CCCC(=O)C(C)(C)N[C@H](C)I. The highest BCUT2D eigenvalue weighted by molar-refractivity contribution is 14.1. The number of hydrogen-bond acceptors (Lipinski definition) is 2. The maximum atomic E-state index is 11.5. The molecule has 0 unspecified atom stereocenters. The Kier molecular flexibility index (Phi) is 5.32. The van der Waals surface area contributed by atoms with Crippen LogP contribution in [-0.4, -0.2) is 15.4 Å². The van der Waals surface area contributed by atoms with E-state index in [0.717, 1.165) is 6.42 Å². The highest BCUT2D eigenvalue weighted by Crippen LogP contribution is 2.11. The predicted molar refractivity (Wildman–Crippen MR) is 60.6 cm³/mol. The van der Waals surface area contributed by atoms with Crippen molar-refractivity contribution in [1.82, 2.24) is 5.32 Å². The van der Waals surface area contributed by atoms with E-state index < -0.39 is 0 Å². The first kappa shape index (κ1) is 12.4. The number of Topliss-reactive ketones (excluding diaryl/α,β-unsaturated/α-hetero) is 1. The van der Waals surface area contributed by atoms with Crippen LogP contribution in [0.25, 0.3) is 0 Å². The monoisotopic (exact) mass is 283 g/mol. The minimum Gasteiger partial charge on any atom is -0.298 e. The molecule has 0 saturated carbocycles. The second kappa shape index (κ2) is 5.17. The number of carbonyl (C=O) groups excluding carboxylic acids is 1. The first-order valence-electron chi connectivity index (χ1n) is 4.35. The number of ketones is 1. The normalized spacial score (nSPS) is 14.4. The summed E-state index contributed by atoms with van der Waals surface area (Å²) in [5.41, 5.74) is -0.364. The summed E-state index contributed by atoms with van der Waals surface area (Å²) in [7, 11) is 0. The molecule has 0 heterocycles. The lowest BCUT2D eigenvalue weighted by atomic mass is 9.96. The van der Waals surface area contributed by atoms with E-state index in [2.05, 4.69) is 27.9 Å². The fourth-order valence-electron chi connectivity index (χ4n) is 1.12. The van der Waals surface area contributed by atoms with Crippen LogP contribution in [0.1, 0.15) is 40.5 Å². The quantitative estimate of drug-likeness (QED) is 0.477. The van der Waals surface area contributed by atoms with E-state index in [0.29, 0.717) is 16.3 Å². The summed E-state index contributed by atoms with van der Waals surface area (Å²) in [6.45, 7) is 7.96. The molecule has 72 valence electrons. The van der Waals surface area contributed by atoms with Crippen molar-refractivity contribution in [3.8, 4) is 0 Å². The summed E-state index contributed by atoms with van der Waals surface area (Å²) in [5, 5.41) is 3.24. The number of rotatable bonds is 5. The molecule has 0 amide bonds. The first-order chi connectivity index (χ1) is 5.40. The summed E-state index contributed by atoms with van der Waals surface area (Å²) < 4.78 is 0.332. The molecule has 0 aromatic rings. The van der Waals surface area contributed by atoms with Crippen molar-refractivity contribution in [1.29, 1.82) is 0 Å². The van der Waals surface area contributed by atoms with E-state index in [9.17, 15) is 4.79 Å². The molecule has 0 aromatic heterocycles. The number of alkyl halides is 1. The maximum Gasteiger partial charge on any atom is 0.152 e. The lowest BCUT2D eigenvalue weighted by Gasteiger charge is -2.26. The average Bonchev–Trinajstić information content (AvgIpc) is 1.85. The van der Waals surface area contributed by atoms with Crippen LogP contribution in [0.2, 0.25) is 0 Å². The van der Waals surface area contributed by atoms with Crippen LogP contribution in [-0.2, 0) is 4.79 Å². The number of carbonyl (C=O) groups is 1. The van der Waals surface area contributed by atoms with Gasteiger partial charge in [0.15, 0.2) is 5.78 Å². The molecule has 0 aliphatic carbocycles. The highest BCUT2D eigenvalue weighted by atomic mass is 127. The Morgan fingerprint density at radius 1 is 1.58 bits per heavy atom. The fourth-order valence-corrected chi connectivity index (χ4v) is 1.90. The van der Waals surface area contributed by atoms with Gasteiger partial charge < -0.3 is 0 Å². The number of hydrogen-bond donors (Lipinski definition) is 1. The van der Waals surface area contributed by atoms with Crippen LogP contribution in [0, 0.1) is 0 Å². The standard InChI is InChI=1S/C9H18INO/c1-5-6-8(12)9(3,4)11-7(2)10/h7,11H,5-6H2,1-4H3/t7-/m1/s1. The summed E-state index contributed by atoms with van der Waals surface area (Å²) >= 11 is 2.27. The maximum absolute atomic E-state index is 11.5. The van der Waals surface area contributed by atoms with Gasteiger partial charge in [-0.05, 0) is 27.2 Å². The molecule has 0 aliphatic heterocycles. The van der Waals surface area contributed by atoms with Crippen molar-refractivity contribution in [3.63, 3.8) is 0 Å². The van der Waals surface area contributed by atoms with Crippen molar-refractivity contribution in [3.05, 3.63) is 0 Å². The lowest BCUT2D eigenvalue weighted by molar-refractivity contribution is -0.124. The highest BCUT2D eigenvalue weighted by Gasteiger charge is 2.26. The van der Waals surface area contributed by atoms with Gasteiger partial charge in [-0.3, -0.25) is 10.1 Å². The van der Waals surface area contributed by atoms with Crippen molar-refractivity contribution in [2.24, 2.45) is 0 Å². The summed E-state index contributed by atoms with van der Waals surface area (Å²) in [6, 6.07) is 0. The Hall–Kier alpha value is 0.360. The fraction of sp³-hybridized carbons (Fsp3) is 0.889. The van der Waals surface area contributed by atoms with Crippen molar-refractivity contribution >= 4 is 28.4 Å². The third-order valence-electron chi connectivity index (χ3n) is 1.73. The van der Waals surface area contributed by atoms with Gasteiger partial charge in [0, 0.05) is 6.42 Å². The zero-order valence-corrected chi connectivity index (χ0v) is 10.4. The summed E-state index contributed by atoms with van der Waals surface area (Å²) in [5.74, 6) is 0.300. The lowest BCUT2D eigenvalue weighted by Crippen LogP contribution is -2.48. The molecule has 1 atom stereocenters. The zero-order valence-electron chi connectivity index (χ0n) is 8.28.